The number of benzene rings is 2. The third-order valence-electron chi connectivity index (χ3n) is 4.31. The van der Waals surface area contributed by atoms with Crippen molar-refractivity contribution in [3.63, 3.8) is 0 Å². The van der Waals surface area contributed by atoms with Gasteiger partial charge in [0, 0.05) is 18.0 Å². The van der Waals surface area contributed by atoms with Crippen molar-refractivity contribution in [1.82, 2.24) is 18.7 Å². The minimum absolute atomic E-state index is 0.107. The van der Waals surface area contributed by atoms with Gasteiger partial charge in [-0.1, -0.05) is 24.3 Å². The summed E-state index contributed by atoms with van der Waals surface area (Å²) in [5, 5.41) is 0.841. The first-order valence-corrected chi connectivity index (χ1v) is 11.5. The van der Waals surface area contributed by atoms with Crippen LogP contribution in [0, 0.1) is 0 Å². The monoisotopic (exact) mass is 424 g/mol. The molecule has 0 atom stereocenters. The lowest BCUT2D eigenvalue weighted by atomic mass is 10.1. The Labute approximate surface area is 168 Å². The van der Waals surface area contributed by atoms with E-state index >= 15 is 0 Å². The molecule has 0 spiro atoms. The van der Waals surface area contributed by atoms with Crippen LogP contribution in [0.1, 0.15) is 5.56 Å². The molecule has 0 saturated carbocycles. The topological polar surface area (TPSA) is 85.7 Å². The van der Waals surface area contributed by atoms with Crippen LogP contribution in [0.25, 0.3) is 31.8 Å². The summed E-state index contributed by atoms with van der Waals surface area (Å²) in [6.45, 7) is 0. The largest absolute Gasteiger partial charge is 0.263 e. The second-order valence-corrected chi connectivity index (χ2v) is 9.73. The molecule has 0 aliphatic heterocycles. The summed E-state index contributed by atoms with van der Waals surface area (Å²) in [5.74, 6) is -0.107. The lowest BCUT2D eigenvalue weighted by Gasteiger charge is -2.06. The molecule has 138 valence electrons. The Morgan fingerprint density at radius 1 is 0.964 bits per heavy atom. The molecule has 0 bridgehead atoms. The van der Waals surface area contributed by atoms with Gasteiger partial charge in [0.15, 0.2) is 9.84 Å². The molecule has 0 saturated heterocycles. The van der Waals surface area contributed by atoms with Gasteiger partial charge in [0.2, 0.25) is 0 Å². The number of hydrogen-bond acceptors (Lipinski definition) is 8. The summed E-state index contributed by atoms with van der Waals surface area (Å²) < 4.78 is 35.3. The third-order valence-corrected chi connectivity index (χ3v) is 7.62. The zero-order chi connectivity index (χ0) is 19.1. The number of pyridine rings is 1. The van der Waals surface area contributed by atoms with Crippen LogP contribution >= 0.6 is 23.1 Å². The molecule has 28 heavy (non-hydrogen) atoms. The van der Waals surface area contributed by atoms with Crippen LogP contribution < -0.4 is 0 Å². The van der Waals surface area contributed by atoms with E-state index in [0.717, 1.165) is 32.5 Å². The summed E-state index contributed by atoms with van der Waals surface area (Å²) in [6.07, 6.45) is 3.50. The number of aromatic nitrogens is 4. The van der Waals surface area contributed by atoms with Gasteiger partial charge in [0.25, 0.3) is 0 Å². The fourth-order valence-corrected chi connectivity index (χ4v) is 6.07. The van der Waals surface area contributed by atoms with E-state index in [0.29, 0.717) is 16.6 Å². The van der Waals surface area contributed by atoms with Gasteiger partial charge in [-0.2, -0.15) is 8.75 Å². The van der Waals surface area contributed by atoms with E-state index in [1.54, 1.807) is 30.6 Å². The second-order valence-electron chi connectivity index (χ2n) is 6.21. The van der Waals surface area contributed by atoms with Gasteiger partial charge in [-0.3, -0.25) is 4.98 Å². The molecule has 3 heterocycles. The second kappa shape index (κ2) is 6.69. The molecular weight excluding hydrogens is 412 g/mol. The number of thiazole rings is 1. The molecule has 0 N–H and O–H groups in total. The first kappa shape index (κ1) is 17.4. The third kappa shape index (κ3) is 3.07. The van der Waals surface area contributed by atoms with Crippen molar-refractivity contribution in [1.29, 1.82) is 0 Å². The summed E-state index contributed by atoms with van der Waals surface area (Å²) in [5.41, 5.74) is 3.51. The van der Waals surface area contributed by atoms with E-state index in [4.69, 9.17) is 0 Å². The molecule has 0 aliphatic carbocycles. The molecule has 0 aliphatic rings. The van der Waals surface area contributed by atoms with Gasteiger partial charge in [-0.05, 0) is 29.8 Å². The van der Waals surface area contributed by atoms with Crippen LogP contribution in [0.4, 0.5) is 0 Å². The lowest BCUT2D eigenvalue weighted by Crippen LogP contribution is -2.06. The molecule has 0 fully saturated rings. The van der Waals surface area contributed by atoms with E-state index in [-0.39, 0.29) is 10.6 Å². The van der Waals surface area contributed by atoms with Gasteiger partial charge in [0.05, 0.1) is 32.6 Å². The molecular formula is C19H12N4O2S3. The summed E-state index contributed by atoms with van der Waals surface area (Å²) in [6, 6.07) is 14.4. The zero-order valence-electron chi connectivity index (χ0n) is 14.3. The molecule has 2 aromatic carbocycles. The van der Waals surface area contributed by atoms with Crippen molar-refractivity contribution in [3.8, 4) is 10.6 Å². The maximum Gasteiger partial charge on any atom is 0.184 e. The van der Waals surface area contributed by atoms with Gasteiger partial charge in [0.1, 0.15) is 16.0 Å². The molecule has 3 aromatic heterocycles. The zero-order valence-corrected chi connectivity index (χ0v) is 16.8. The van der Waals surface area contributed by atoms with Crippen molar-refractivity contribution in [2.24, 2.45) is 0 Å². The quantitative estimate of drug-likeness (QED) is 0.427. The smallest absolute Gasteiger partial charge is 0.184 e. The number of fused-ring (bicyclic) bond motifs is 2. The Bertz CT molecular complexity index is 1390. The van der Waals surface area contributed by atoms with Gasteiger partial charge >= 0.3 is 0 Å². The van der Waals surface area contributed by atoms with Crippen molar-refractivity contribution in [2.75, 3.05) is 0 Å². The Morgan fingerprint density at radius 3 is 2.75 bits per heavy atom. The summed E-state index contributed by atoms with van der Waals surface area (Å²) in [7, 11) is -3.56. The molecule has 0 amide bonds. The van der Waals surface area contributed by atoms with Crippen LogP contribution in [0.3, 0.4) is 0 Å². The molecule has 9 heteroatoms. The van der Waals surface area contributed by atoms with E-state index in [2.05, 4.69) is 18.7 Å². The van der Waals surface area contributed by atoms with E-state index in [9.17, 15) is 8.42 Å². The predicted octanol–water partition coefficient (Wildman–Crippen LogP) is 4.34. The first-order valence-electron chi connectivity index (χ1n) is 8.34. The van der Waals surface area contributed by atoms with Crippen molar-refractivity contribution < 1.29 is 8.42 Å². The van der Waals surface area contributed by atoms with Crippen molar-refractivity contribution >= 4 is 54.2 Å². The van der Waals surface area contributed by atoms with Crippen molar-refractivity contribution in [2.45, 2.75) is 10.6 Å². The minimum atomic E-state index is -3.56. The summed E-state index contributed by atoms with van der Waals surface area (Å²) in [4.78, 5) is 8.96. The van der Waals surface area contributed by atoms with Crippen LogP contribution in [0.5, 0.6) is 0 Å². The average Bonchev–Trinajstić information content (AvgIpc) is 3.34. The number of hydrogen-bond donors (Lipinski definition) is 0. The minimum Gasteiger partial charge on any atom is -0.263 e. The fourth-order valence-electron chi connectivity index (χ4n) is 3.03. The lowest BCUT2D eigenvalue weighted by molar-refractivity contribution is 0.596. The fraction of sp³-hybridized carbons (Fsp3) is 0.0526. The molecule has 0 radical (unpaired) electrons. The standard InChI is InChI=1S/C19H12N4O2S3/c24-28(25,17-6-2-5-15-18(17)23-27-22-15)11-12-3-1-4-13(9-12)19-21-14-7-8-20-10-16(14)26-19/h1-10H,11H2. The maximum atomic E-state index is 13.0. The molecule has 5 rings (SSSR count). The van der Waals surface area contributed by atoms with Crippen molar-refractivity contribution in [3.05, 3.63) is 66.5 Å². The Hall–Kier alpha value is -2.75. The molecule has 6 nitrogen and oxygen atoms in total. The predicted molar refractivity (Wildman–Crippen MR) is 111 cm³/mol. The number of nitrogens with zero attached hydrogens (tertiary/aromatic N) is 4. The Kier molecular flexibility index (Phi) is 4.15. The van der Waals surface area contributed by atoms with Gasteiger partial charge in [-0.15, -0.1) is 11.3 Å². The van der Waals surface area contributed by atoms with Crippen LogP contribution in [-0.2, 0) is 15.6 Å². The average molecular weight is 425 g/mol. The maximum absolute atomic E-state index is 13.0. The summed E-state index contributed by atoms with van der Waals surface area (Å²) >= 11 is 2.55. The van der Waals surface area contributed by atoms with Gasteiger partial charge in [-0.25, -0.2) is 13.4 Å². The number of rotatable bonds is 4. The highest BCUT2D eigenvalue weighted by Crippen LogP contribution is 2.31. The molecule has 0 unspecified atom stereocenters. The first-order chi connectivity index (χ1) is 13.6. The highest BCUT2D eigenvalue weighted by atomic mass is 32.2. The Morgan fingerprint density at radius 2 is 1.86 bits per heavy atom. The van der Waals surface area contributed by atoms with Crippen LogP contribution in [-0.4, -0.2) is 27.1 Å². The van der Waals surface area contributed by atoms with Gasteiger partial charge < -0.3 is 0 Å². The highest BCUT2D eigenvalue weighted by molar-refractivity contribution is 7.90. The highest BCUT2D eigenvalue weighted by Gasteiger charge is 2.20. The SMILES string of the molecule is O=S(=O)(Cc1cccc(-c2nc3ccncc3s2)c1)c1cccc2nsnc12. The number of sulfone groups is 1. The normalized spacial score (nSPS) is 12.0. The van der Waals surface area contributed by atoms with E-state index < -0.39 is 9.84 Å². The van der Waals surface area contributed by atoms with Crippen LogP contribution in [0.15, 0.2) is 65.8 Å². The van der Waals surface area contributed by atoms with E-state index in [1.165, 1.54) is 11.3 Å². The Balaban J connectivity index is 1.52. The molecule has 5 aromatic rings. The van der Waals surface area contributed by atoms with Crippen LogP contribution in [0.2, 0.25) is 0 Å². The van der Waals surface area contributed by atoms with E-state index in [1.807, 2.05) is 30.3 Å².